The summed E-state index contributed by atoms with van der Waals surface area (Å²) >= 11 is 0. The fourth-order valence-corrected chi connectivity index (χ4v) is 4.71. The lowest BCUT2D eigenvalue weighted by atomic mass is 10.2. The van der Waals surface area contributed by atoms with Crippen molar-refractivity contribution in [2.45, 2.75) is 18.2 Å². The normalized spacial score (nSPS) is 11.6. The van der Waals surface area contributed by atoms with Crippen LogP contribution in [0.5, 0.6) is 5.75 Å². The first kappa shape index (κ1) is 21.5. The molecule has 0 saturated heterocycles. The van der Waals surface area contributed by atoms with E-state index in [0.717, 1.165) is 0 Å². The molecule has 0 radical (unpaired) electrons. The van der Waals surface area contributed by atoms with Gasteiger partial charge in [-0.25, -0.2) is 21.6 Å². The number of carboxylic acid groups (broad SMARTS) is 1. The smallest absolute Gasteiger partial charge is 0.335 e. The van der Waals surface area contributed by atoms with Crippen LogP contribution < -0.4 is 14.2 Å². The van der Waals surface area contributed by atoms with Crippen LogP contribution in [-0.2, 0) is 20.0 Å². The first-order valence-corrected chi connectivity index (χ1v) is 11.3. The van der Waals surface area contributed by atoms with Gasteiger partial charge in [0.25, 0.3) is 10.0 Å². The zero-order valence-electron chi connectivity index (χ0n) is 15.2. The monoisotopic (exact) mass is 428 g/mol. The molecule has 0 atom stereocenters. The average molecular weight is 428 g/mol. The molecule has 0 amide bonds. The molecular weight excluding hydrogens is 408 g/mol. The van der Waals surface area contributed by atoms with E-state index in [4.69, 9.17) is 9.84 Å². The van der Waals surface area contributed by atoms with Crippen LogP contribution >= 0.6 is 0 Å². The Hall–Kier alpha value is -2.79. The van der Waals surface area contributed by atoms with E-state index in [1.54, 1.807) is 6.92 Å². The van der Waals surface area contributed by atoms with Crippen LogP contribution in [0.4, 0.5) is 11.4 Å². The van der Waals surface area contributed by atoms with Crippen LogP contribution in [0.25, 0.3) is 0 Å². The van der Waals surface area contributed by atoms with E-state index in [1.807, 2.05) is 0 Å². The zero-order valence-corrected chi connectivity index (χ0v) is 16.8. The van der Waals surface area contributed by atoms with Crippen LogP contribution in [-0.4, -0.2) is 40.8 Å². The molecular formula is C17H20N2O7S2. The molecule has 2 aromatic rings. The number of carbonyl (C=O) groups is 1. The summed E-state index contributed by atoms with van der Waals surface area (Å²) in [7, 11) is -6.41. The van der Waals surface area contributed by atoms with Gasteiger partial charge in [0.1, 0.15) is 10.6 Å². The minimum atomic E-state index is -4.11. The topological polar surface area (TPSA) is 139 Å². The van der Waals surface area contributed by atoms with Gasteiger partial charge in [0, 0.05) is 11.8 Å². The highest BCUT2D eigenvalue weighted by atomic mass is 32.2. The molecule has 152 valence electrons. The summed E-state index contributed by atoms with van der Waals surface area (Å²) in [6.45, 7) is 1.72. The van der Waals surface area contributed by atoms with Crippen molar-refractivity contribution in [3.05, 3.63) is 48.0 Å². The number of rotatable bonds is 9. The lowest BCUT2D eigenvalue weighted by molar-refractivity contribution is 0.0697. The Labute approximate surface area is 163 Å². The van der Waals surface area contributed by atoms with Gasteiger partial charge in [0.05, 0.1) is 24.1 Å². The van der Waals surface area contributed by atoms with Gasteiger partial charge >= 0.3 is 5.97 Å². The number of aromatic carboxylic acids is 1. The largest absolute Gasteiger partial charge is 0.495 e. The van der Waals surface area contributed by atoms with Crippen molar-refractivity contribution in [2.24, 2.45) is 0 Å². The molecule has 2 rings (SSSR count). The predicted molar refractivity (Wildman–Crippen MR) is 105 cm³/mol. The zero-order chi connectivity index (χ0) is 20.9. The quantitative estimate of drug-likeness (QED) is 0.557. The Morgan fingerprint density at radius 1 is 1.04 bits per heavy atom. The molecule has 0 aliphatic carbocycles. The number of hydrogen-bond acceptors (Lipinski definition) is 6. The molecule has 0 saturated carbocycles. The number of carboxylic acids is 1. The predicted octanol–water partition coefficient (Wildman–Crippen LogP) is 2.35. The maximum atomic E-state index is 12.7. The van der Waals surface area contributed by atoms with Gasteiger partial charge in [0.2, 0.25) is 10.0 Å². The summed E-state index contributed by atoms with van der Waals surface area (Å²) in [6.07, 6.45) is 0.429. The molecule has 0 aliphatic heterocycles. The van der Waals surface area contributed by atoms with Gasteiger partial charge in [-0.1, -0.05) is 13.0 Å². The summed E-state index contributed by atoms with van der Waals surface area (Å²) in [5, 5.41) is 9.02. The molecule has 0 aliphatic rings. The van der Waals surface area contributed by atoms with Crippen molar-refractivity contribution in [3.8, 4) is 5.75 Å². The Kier molecular flexibility index (Phi) is 6.52. The van der Waals surface area contributed by atoms with Gasteiger partial charge in [-0.2, -0.15) is 0 Å². The third-order valence-corrected chi connectivity index (χ3v) is 6.47. The summed E-state index contributed by atoms with van der Waals surface area (Å²) in [6, 6.07) is 9.09. The van der Waals surface area contributed by atoms with Crippen molar-refractivity contribution < 1.29 is 31.5 Å². The first-order chi connectivity index (χ1) is 13.1. The lowest BCUT2D eigenvalue weighted by Crippen LogP contribution is -2.17. The molecule has 0 heterocycles. The molecule has 3 N–H and O–H groups in total. The minimum absolute atomic E-state index is 0.0645. The average Bonchev–Trinajstić information content (AvgIpc) is 2.60. The Bertz CT molecular complexity index is 1080. The number of hydrogen-bond donors (Lipinski definition) is 3. The first-order valence-electron chi connectivity index (χ1n) is 8.12. The van der Waals surface area contributed by atoms with Gasteiger partial charge in [-0.05, 0) is 36.8 Å². The molecule has 0 spiro atoms. The standard InChI is InChI=1S/C17H20N2O7S2/c1-3-9-27(22,23)18-14-7-8-16(15(11-14)26-2)28(24,25)19-13-6-4-5-12(10-13)17(20)21/h4-8,10-11,18-19H,3,9H2,1-2H3,(H,20,21). The second kappa shape index (κ2) is 8.48. The summed E-state index contributed by atoms with van der Waals surface area (Å²) in [5.74, 6) is -1.34. The fourth-order valence-electron chi connectivity index (χ4n) is 2.38. The van der Waals surface area contributed by atoms with Crippen molar-refractivity contribution >= 4 is 37.4 Å². The minimum Gasteiger partial charge on any atom is -0.495 e. The van der Waals surface area contributed by atoms with Crippen molar-refractivity contribution in [2.75, 3.05) is 22.3 Å². The highest BCUT2D eigenvalue weighted by Crippen LogP contribution is 2.29. The van der Waals surface area contributed by atoms with E-state index < -0.39 is 26.0 Å². The molecule has 0 unspecified atom stereocenters. The number of sulfonamides is 2. The van der Waals surface area contributed by atoms with Crippen molar-refractivity contribution in [1.29, 1.82) is 0 Å². The third-order valence-electron chi connectivity index (χ3n) is 3.56. The van der Waals surface area contributed by atoms with Crippen LogP contribution in [0.3, 0.4) is 0 Å². The van der Waals surface area contributed by atoms with Gasteiger partial charge in [-0.3, -0.25) is 9.44 Å². The summed E-state index contributed by atoms with van der Waals surface area (Å²) in [5.41, 5.74) is 0.152. The molecule has 2 aromatic carbocycles. The maximum Gasteiger partial charge on any atom is 0.335 e. The SMILES string of the molecule is CCCS(=O)(=O)Nc1ccc(S(=O)(=O)Nc2cccc(C(=O)O)c2)c(OC)c1. The van der Waals surface area contributed by atoms with Crippen LogP contribution in [0, 0.1) is 0 Å². The molecule has 9 nitrogen and oxygen atoms in total. The van der Waals surface area contributed by atoms with E-state index in [9.17, 15) is 21.6 Å². The highest BCUT2D eigenvalue weighted by Gasteiger charge is 2.21. The van der Waals surface area contributed by atoms with Gasteiger partial charge in [-0.15, -0.1) is 0 Å². The number of nitrogens with one attached hydrogen (secondary N) is 2. The number of methoxy groups -OCH3 is 1. The van der Waals surface area contributed by atoms with Crippen molar-refractivity contribution in [3.63, 3.8) is 0 Å². The Balaban J connectivity index is 2.35. The summed E-state index contributed by atoms with van der Waals surface area (Å²) in [4.78, 5) is 10.8. The van der Waals surface area contributed by atoms with E-state index in [0.29, 0.717) is 6.42 Å². The molecule has 28 heavy (non-hydrogen) atoms. The van der Waals surface area contributed by atoms with E-state index in [-0.39, 0.29) is 33.3 Å². The lowest BCUT2D eigenvalue weighted by Gasteiger charge is -2.14. The van der Waals surface area contributed by atoms with Crippen LogP contribution in [0.15, 0.2) is 47.4 Å². The number of ether oxygens (including phenoxy) is 1. The number of benzene rings is 2. The van der Waals surface area contributed by atoms with Gasteiger partial charge < -0.3 is 9.84 Å². The fraction of sp³-hybridized carbons (Fsp3) is 0.235. The second-order valence-corrected chi connectivity index (χ2v) is 9.27. The van der Waals surface area contributed by atoms with Gasteiger partial charge in [0.15, 0.2) is 0 Å². The van der Waals surface area contributed by atoms with E-state index >= 15 is 0 Å². The van der Waals surface area contributed by atoms with E-state index in [1.165, 1.54) is 49.6 Å². The van der Waals surface area contributed by atoms with Crippen LogP contribution in [0.2, 0.25) is 0 Å². The Morgan fingerprint density at radius 2 is 1.71 bits per heavy atom. The Morgan fingerprint density at radius 3 is 2.32 bits per heavy atom. The highest BCUT2D eigenvalue weighted by molar-refractivity contribution is 7.93. The second-order valence-electron chi connectivity index (χ2n) is 5.78. The molecule has 0 bridgehead atoms. The third kappa shape index (κ3) is 5.36. The summed E-state index contributed by atoms with van der Waals surface area (Å²) < 4.78 is 58.9. The maximum absolute atomic E-state index is 12.7. The molecule has 0 fully saturated rings. The number of anilines is 2. The van der Waals surface area contributed by atoms with E-state index in [2.05, 4.69) is 9.44 Å². The van der Waals surface area contributed by atoms with Crippen LogP contribution in [0.1, 0.15) is 23.7 Å². The molecule has 11 heteroatoms. The van der Waals surface area contributed by atoms with Crippen molar-refractivity contribution in [1.82, 2.24) is 0 Å². The molecule has 0 aromatic heterocycles.